The molecule has 0 aliphatic heterocycles. The van der Waals surface area contributed by atoms with Crippen LogP contribution in [0.4, 0.5) is 11.4 Å². The Balaban J connectivity index is 1.31. The van der Waals surface area contributed by atoms with Gasteiger partial charge < -0.3 is 10.6 Å². The molecule has 0 unspecified atom stereocenters. The van der Waals surface area contributed by atoms with E-state index in [1.54, 1.807) is 24.3 Å². The molecule has 0 atom stereocenters. The highest BCUT2D eigenvalue weighted by Crippen LogP contribution is 2.23. The number of H-pyrrole nitrogens is 2. The van der Waals surface area contributed by atoms with Crippen molar-refractivity contribution < 1.29 is 14.6 Å². The van der Waals surface area contributed by atoms with Gasteiger partial charge in [-0.05, 0) is 66.0 Å². The second-order valence-corrected chi connectivity index (χ2v) is 9.19. The average Bonchev–Trinajstić information content (AvgIpc) is 3.49. The number of carbonyl (C=O) groups excluding carboxylic acids is 2. The molecule has 0 bridgehead atoms. The minimum Gasteiger partial charge on any atom is -0.322 e. The number of carbonyl (C=O) groups is 2. The Labute approximate surface area is 208 Å². The van der Waals surface area contributed by atoms with Crippen LogP contribution >= 0.6 is 34.5 Å². The summed E-state index contributed by atoms with van der Waals surface area (Å²) >= 11 is 13.5. The molecule has 0 saturated carbocycles. The first-order chi connectivity index (χ1) is 16.4. The lowest BCUT2D eigenvalue weighted by Crippen LogP contribution is -2.12. The van der Waals surface area contributed by atoms with Gasteiger partial charge in [0, 0.05) is 38.4 Å². The first-order valence-electron chi connectivity index (χ1n) is 10.2. The van der Waals surface area contributed by atoms with Gasteiger partial charge in [-0.2, -0.15) is 11.3 Å². The second-order valence-electron chi connectivity index (χ2n) is 7.54. The fraction of sp³-hybridized carbons (Fsp3) is 0. The van der Waals surface area contributed by atoms with E-state index in [4.69, 9.17) is 23.2 Å². The number of benzene rings is 3. The van der Waals surface area contributed by atoms with Gasteiger partial charge in [-0.1, -0.05) is 23.2 Å². The van der Waals surface area contributed by atoms with Gasteiger partial charge >= 0.3 is 0 Å². The number of aromatic nitrogens is 2. The van der Waals surface area contributed by atoms with Crippen molar-refractivity contribution in [2.75, 3.05) is 10.6 Å². The highest BCUT2D eigenvalue weighted by molar-refractivity contribution is 7.08. The fourth-order valence-electron chi connectivity index (χ4n) is 3.48. The molecule has 0 saturated heterocycles. The first kappa shape index (κ1) is 22.2. The quantitative estimate of drug-likeness (QED) is 0.252. The summed E-state index contributed by atoms with van der Waals surface area (Å²) in [5.41, 5.74) is 5.02. The molecule has 5 rings (SSSR count). The van der Waals surface area contributed by atoms with Gasteiger partial charge in [0.25, 0.3) is 17.6 Å². The van der Waals surface area contributed by atoms with E-state index in [1.807, 2.05) is 53.2 Å². The average molecular weight is 508 g/mol. The topological polar surface area (TPSA) is 88.1 Å². The number of imidazole rings is 1. The molecule has 0 aliphatic rings. The summed E-state index contributed by atoms with van der Waals surface area (Å²) < 4.78 is 0. The van der Waals surface area contributed by atoms with E-state index in [9.17, 15) is 9.59 Å². The zero-order valence-electron chi connectivity index (χ0n) is 17.5. The summed E-state index contributed by atoms with van der Waals surface area (Å²) in [6, 6.07) is 19.5. The maximum Gasteiger partial charge on any atom is 0.285 e. The van der Waals surface area contributed by atoms with Crippen molar-refractivity contribution in [3.63, 3.8) is 0 Å². The maximum atomic E-state index is 12.5. The summed E-state index contributed by atoms with van der Waals surface area (Å²) in [5, 5.41) is 10.2. The van der Waals surface area contributed by atoms with Crippen molar-refractivity contribution in [1.29, 1.82) is 0 Å². The van der Waals surface area contributed by atoms with E-state index in [2.05, 4.69) is 20.6 Å². The summed E-state index contributed by atoms with van der Waals surface area (Å²) in [6.45, 7) is 0. The van der Waals surface area contributed by atoms with Crippen LogP contribution < -0.4 is 15.6 Å². The molecule has 168 valence electrons. The van der Waals surface area contributed by atoms with Gasteiger partial charge in [0.05, 0.1) is 11.1 Å². The van der Waals surface area contributed by atoms with Gasteiger partial charge in [0.15, 0.2) is 11.0 Å². The Hall–Kier alpha value is -3.65. The molecule has 0 spiro atoms. The number of aromatic amines is 2. The number of rotatable bonds is 5. The first-order valence-corrected chi connectivity index (χ1v) is 11.9. The molecule has 6 nitrogen and oxygen atoms in total. The van der Waals surface area contributed by atoms with Crippen LogP contribution in [0.15, 0.2) is 77.5 Å². The predicted molar refractivity (Wildman–Crippen MR) is 137 cm³/mol. The van der Waals surface area contributed by atoms with E-state index in [-0.39, 0.29) is 11.8 Å². The summed E-state index contributed by atoms with van der Waals surface area (Å²) in [7, 11) is 0. The van der Waals surface area contributed by atoms with Crippen molar-refractivity contribution in [2.45, 2.75) is 0 Å². The van der Waals surface area contributed by atoms with Crippen LogP contribution in [0.5, 0.6) is 0 Å². The normalized spacial score (nSPS) is 10.9. The molecule has 0 radical (unpaired) electrons. The third-order valence-electron chi connectivity index (χ3n) is 5.14. The van der Waals surface area contributed by atoms with Crippen LogP contribution in [0.2, 0.25) is 10.0 Å². The van der Waals surface area contributed by atoms with Gasteiger partial charge in [0.1, 0.15) is 0 Å². The third kappa shape index (κ3) is 4.82. The van der Waals surface area contributed by atoms with E-state index < -0.39 is 0 Å². The molecular formula is C25H17Cl2N4O2S+. The molecule has 4 N–H and O–H groups in total. The minimum absolute atomic E-state index is 0.144. The summed E-state index contributed by atoms with van der Waals surface area (Å²) in [6.07, 6.45) is 0. The number of hydrogen-bond acceptors (Lipinski definition) is 3. The molecular weight excluding hydrogens is 491 g/mol. The van der Waals surface area contributed by atoms with Crippen molar-refractivity contribution in [3.05, 3.63) is 98.7 Å². The lowest BCUT2D eigenvalue weighted by Gasteiger charge is -2.06. The Morgan fingerprint density at radius 2 is 1.47 bits per heavy atom. The van der Waals surface area contributed by atoms with E-state index in [0.717, 1.165) is 22.4 Å². The SMILES string of the molecule is O=C(Nc1ccc2[nH+]c(-c3ccc(NC(=O)c4cc(Cl)cc(Cl)c4)cc3)[nH]c2c1)c1ccsc1. The highest BCUT2D eigenvalue weighted by Gasteiger charge is 2.15. The minimum atomic E-state index is -0.300. The number of thiophene rings is 1. The lowest BCUT2D eigenvalue weighted by atomic mass is 10.1. The zero-order chi connectivity index (χ0) is 23.7. The van der Waals surface area contributed by atoms with Crippen LogP contribution in [0.3, 0.4) is 0 Å². The highest BCUT2D eigenvalue weighted by atomic mass is 35.5. The lowest BCUT2D eigenvalue weighted by molar-refractivity contribution is -0.330. The second kappa shape index (κ2) is 9.30. The molecule has 34 heavy (non-hydrogen) atoms. The largest absolute Gasteiger partial charge is 0.322 e. The van der Waals surface area contributed by atoms with Crippen LogP contribution in [-0.4, -0.2) is 16.8 Å². The summed E-state index contributed by atoms with van der Waals surface area (Å²) in [4.78, 5) is 31.5. The standard InChI is InChI=1S/C25H16Cl2N4O2S/c26-17-9-16(10-18(27)11-17)25(33)28-19-3-1-14(2-4-19)23-30-21-6-5-20(12-22(21)31-23)29-24(32)15-7-8-34-13-15/h1-13H,(H,28,33)(H,29,32)(H,30,31)/p+1. The van der Waals surface area contributed by atoms with Crippen molar-refractivity contribution in [3.8, 4) is 11.4 Å². The van der Waals surface area contributed by atoms with Crippen molar-refractivity contribution in [2.24, 2.45) is 0 Å². The number of hydrogen-bond donors (Lipinski definition) is 3. The smallest absolute Gasteiger partial charge is 0.285 e. The Kier molecular flexibility index (Phi) is 6.06. The summed E-state index contributed by atoms with van der Waals surface area (Å²) in [5.74, 6) is 0.358. The third-order valence-corrected chi connectivity index (χ3v) is 6.26. The van der Waals surface area contributed by atoms with Crippen molar-refractivity contribution >= 4 is 68.8 Å². The predicted octanol–water partition coefficient (Wildman–Crippen LogP) is 6.52. The number of halogens is 2. The zero-order valence-corrected chi connectivity index (χ0v) is 19.8. The van der Waals surface area contributed by atoms with Crippen LogP contribution in [-0.2, 0) is 0 Å². The van der Waals surface area contributed by atoms with Gasteiger partial charge in [-0.3, -0.25) is 9.59 Å². The Bertz CT molecular complexity index is 1490. The van der Waals surface area contributed by atoms with E-state index in [0.29, 0.717) is 32.5 Å². The molecule has 2 aromatic heterocycles. The van der Waals surface area contributed by atoms with E-state index >= 15 is 0 Å². The fourth-order valence-corrected chi connectivity index (χ4v) is 4.65. The number of anilines is 2. The van der Waals surface area contributed by atoms with Crippen LogP contribution in [0.25, 0.3) is 22.4 Å². The molecule has 5 aromatic rings. The molecule has 3 aromatic carbocycles. The molecule has 2 amide bonds. The maximum absolute atomic E-state index is 12.5. The molecule has 0 aliphatic carbocycles. The Morgan fingerprint density at radius 1 is 0.794 bits per heavy atom. The molecule has 0 fully saturated rings. The number of amides is 2. The van der Waals surface area contributed by atoms with Crippen molar-refractivity contribution in [1.82, 2.24) is 4.98 Å². The molecule has 9 heteroatoms. The van der Waals surface area contributed by atoms with Gasteiger partial charge in [-0.25, -0.2) is 9.97 Å². The number of nitrogens with one attached hydrogen (secondary N) is 4. The number of fused-ring (bicyclic) bond motifs is 1. The van der Waals surface area contributed by atoms with Gasteiger partial charge in [-0.15, -0.1) is 0 Å². The van der Waals surface area contributed by atoms with Crippen LogP contribution in [0.1, 0.15) is 20.7 Å². The van der Waals surface area contributed by atoms with E-state index in [1.165, 1.54) is 11.3 Å². The monoisotopic (exact) mass is 507 g/mol. The van der Waals surface area contributed by atoms with Crippen LogP contribution in [0, 0.1) is 0 Å². The van der Waals surface area contributed by atoms with Gasteiger partial charge in [0.2, 0.25) is 0 Å². The molecule has 2 heterocycles. The Morgan fingerprint density at radius 3 is 2.18 bits per heavy atom.